The van der Waals surface area contributed by atoms with Crippen LogP contribution in [0.25, 0.3) is 0 Å². The minimum atomic E-state index is -4.56. The van der Waals surface area contributed by atoms with E-state index in [1.807, 2.05) is 12.1 Å². The number of ether oxygens (including phenoxy) is 1. The Morgan fingerprint density at radius 1 is 1.07 bits per heavy atom. The van der Waals surface area contributed by atoms with Gasteiger partial charge in [-0.1, -0.05) is 25.5 Å². The summed E-state index contributed by atoms with van der Waals surface area (Å²) in [6.07, 6.45) is -0.674. The molecule has 2 aromatic rings. The Morgan fingerprint density at radius 3 is 2.22 bits per heavy atom. The maximum absolute atomic E-state index is 13.5. The number of alkyl halides is 3. The molecule has 0 saturated heterocycles. The van der Waals surface area contributed by atoms with Gasteiger partial charge >= 0.3 is 12.2 Å². The maximum atomic E-state index is 13.5. The molecule has 0 aliphatic carbocycles. The van der Waals surface area contributed by atoms with E-state index in [0.29, 0.717) is 5.69 Å². The summed E-state index contributed by atoms with van der Waals surface area (Å²) in [7, 11) is 1.56. The molecule has 0 spiro atoms. The largest absolute Gasteiger partial charge is 0.458 e. The Hall–Kier alpha value is -2.31. The fourth-order valence-electron chi connectivity index (χ4n) is 2.53. The molecule has 148 valence electrons. The second kappa shape index (κ2) is 8.15. The number of hydrogen-bond acceptors (Lipinski definition) is 4. The van der Waals surface area contributed by atoms with Gasteiger partial charge in [0.25, 0.3) is 0 Å². The fourth-order valence-corrected chi connectivity index (χ4v) is 2.53. The molecule has 0 bridgehead atoms. The normalized spacial score (nSPS) is 12.1. The van der Waals surface area contributed by atoms with Crippen molar-refractivity contribution in [3.05, 3.63) is 41.6 Å². The van der Waals surface area contributed by atoms with Gasteiger partial charge in [-0.25, -0.2) is 4.98 Å². The van der Waals surface area contributed by atoms with E-state index >= 15 is 0 Å². The Morgan fingerprint density at radius 2 is 1.70 bits per heavy atom. The van der Waals surface area contributed by atoms with E-state index in [2.05, 4.69) is 16.9 Å². The van der Waals surface area contributed by atoms with Crippen molar-refractivity contribution in [2.75, 3.05) is 11.9 Å². The molecule has 2 rings (SSSR count). The molecule has 1 aromatic heterocycles. The first-order valence-corrected chi connectivity index (χ1v) is 8.97. The highest BCUT2D eigenvalue weighted by Crippen LogP contribution is 2.38. The molecule has 0 atom stereocenters. The summed E-state index contributed by atoms with van der Waals surface area (Å²) in [6.45, 7) is 7.47. The summed E-state index contributed by atoms with van der Waals surface area (Å²) in [4.78, 5) is 9.19. The van der Waals surface area contributed by atoms with Crippen molar-refractivity contribution in [3.8, 4) is 6.01 Å². The van der Waals surface area contributed by atoms with Crippen molar-refractivity contribution in [1.82, 2.24) is 9.97 Å². The molecule has 0 radical (unpaired) electrons. The van der Waals surface area contributed by atoms with Crippen LogP contribution in [-0.4, -0.2) is 22.6 Å². The van der Waals surface area contributed by atoms with Crippen LogP contribution in [-0.2, 0) is 12.6 Å². The number of aromatic nitrogens is 2. The molecule has 1 heterocycles. The average molecular weight is 381 g/mol. The first kappa shape index (κ1) is 21.0. The van der Waals surface area contributed by atoms with Crippen LogP contribution in [0.15, 0.2) is 30.5 Å². The van der Waals surface area contributed by atoms with Crippen molar-refractivity contribution in [1.29, 1.82) is 0 Å². The summed E-state index contributed by atoms with van der Waals surface area (Å²) in [5.41, 5.74) is 0.253. The smallest absolute Gasteiger partial charge is 0.421 e. The Bertz CT molecular complexity index is 753. The van der Waals surface area contributed by atoms with Crippen molar-refractivity contribution in [3.63, 3.8) is 0 Å². The lowest BCUT2D eigenvalue weighted by atomic mass is 10.1. The SMILES string of the molecule is CCCCc1ccc(N(C)c2nc(OC(C)(C)C)ncc2C(F)(F)F)cc1. The molecule has 7 heteroatoms. The fraction of sp³-hybridized carbons (Fsp3) is 0.500. The highest BCUT2D eigenvalue weighted by atomic mass is 19.4. The van der Waals surface area contributed by atoms with E-state index in [0.717, 1.165) is 31.0 Å². The van der Waals surface area contributed by atoms with E-state index in [9.17, 15) is 13.2 Å². The third-order valence-corrected chi connectivity index (χ3v) is 3.91. The topological polar surface area (TPSA) is 38.2 Å². The molecule has 1 aromatic carbocycles. The van der Waals surface area contributed by atoms with Gasteiger partial charge in [0.1, 0.15) is 11.2 Å². The highest BCUT2D eigenvalue weighted by Gasteiger charge is 2.37. The van der Waals surface area contributed by atoms with Gasteiger partial charge < -0.3 is 9.64 Å². The van der Waals surface area contributed by atoms with Crippen LogP contribution >= 0.6 is 0 Å². The quantitative estimate of drug-likeness (QED) is 0.635. The monoisotopic (exact) mass is 381 g/mol. The summed E-state index contributed by atoms with van der Waals surface area (Å²) in [5.74, 6) is -0.238. The number of halogens is 3. The third kappa shape index (κ3) is 5.84. The number of benzene rings is 1. The molecular formula is C20H26F3N3O. The molecule has 0 aliphatic heterocycles. The van der Waals surface area contributed by atoms with Crippen LogP contribution in [0.1, 0.15) is 51.7 Å². The minimum absolute atomic E-state index is 0.0862. The van der Waals surface area contributed by atoms with Crippen molar-refractivity contribution >= 4 is 11.5 Å². The number of aryl methyl sites for hydroxylation is 1. The zero-order chi connectivity index (χ0) is 20.2. The summed E-state index contributed by atoms with van der Waals surface area (Å²) < 4.78 is 45.9. The van der Waals surface area contributed by atoms with Crippen LogP contribution in [0.3, 0.4) is 0 Å². The lowest BCUT2D eigenvalue weighted by Gasteiger charge is -2.24. The highest BCUT2D eigenvalue weighted by molar-refractivity contribution is 5.63. The van der Waals surface area contributed by atoms with Crippen molar-refractivity contribution < 1.29 is 17.9 Å². The average Bonchev–Trinajstić information content (AvgIpc) is 2.57. The van der Waals surface area contributed by atoms with Crippen LogP contribution in [0.4, 0.5) is 24.7 Å². The van der Waals surface area contributed by atoms with Crippen LogP contribution in [0.2, 0.25) is 0 Å². The second-order valence-electron chi connectivity index (χ2n) is 7.43. The number of unbranched alkanes of at least 4 members (excludes halogenated alkanes) is 1. The Labute approximate surface area is 158 Å². The van der Waals surface area contributed by atoms with Crippen LogP contribution in [0.5, 0.6) is 6.01 Å². The predicted octanol–water partition coefficient (Wildman–Crippen LogP) is 5.78. The number of nitrogens with zero attached hydrogens (tertiary/aromatic N) is 3. The van der Waals surface area contributed by atoms with E-state index in [-0.39, 0.29) is 11.8 Å². The number of hydrogen-bond donors (Lipinski definition) is 0. The molecule has 0 amide bonds. The van der Waals surface area contributed by atoms with Crippen molar-refractivity contribution in [2.24, 2.45) is 0 Å². The second-order valence-corrected chi connectivity index (χ2v) is 7.43. The van der Waals surface area contributed by atoms with Gasteiger partial charge in [-0.05, 0) is 51.3 Å². The van der Waals surface area contributed by atoms with Crippen LogP contribution in [0, 0.1) is 0 Å². The Balaban J connectivity index is 2.39. The molecular weight excluding hydrogens is 355 g/mol. The van der Waals surface area contributed by atoms with Gasteiger partial charge in [-0.3, -0.25) is 0 Å². The van der Waals surface area contributed by atoms with Crippen molar-refractivity contribution in [2.45, 2.75) is 58.7 Å². The number of anilines is 2. The molecule has 0 saturated carbocycles. The van der Waals surface area contributed by atoms with E-state index < -0.39 is 17.3 Å². The van der Waals surface area contributed by atoms with E-state index in [4.69, 9.17) is 4.74 Å². The number of rotatable bonds is 6. The van der Waals surface area contributed by atoms with Gasteiger partial charge in [0.15, 0.2) is 5.82 Å². The molecule has 0 N–H and O–H groups in total. The minimum Gasteiger partial charge on any atom is -0.458 e. The first-order valence-electron chi connectivity index (χ1n) is 8.97. The van der Waals surface area contributed by atoms with Gasteiger partial charge in [0.05, 0.1) is 0 Å². The van der Waals surface area contributed by atoms with E-state index in [1.165, 1.54) is 4.90 Å². The van der Waals surface area contributed by atoms with E-state index in [1.54, 1.807) is 40.0 Å². The van der Waals surface area contributed by atoms with Gasteiger partial charge in [0.2, 0.25) is 0 Å². The standard InChI is InChI=1S/C20H26F3N3O/c1-6-7-8-14-9-11-15(12-10-14)26(5)17-16(20(21,22)23)13-24-18(25-17)27-19(2,3)4/h9-13H,6-8H2,1-5H3. The zero-order valence-electron chi connectivity index (χ0n) is 16.4. The first-order chi connectivity index (χ1) is 12.5. The zero-order valence-corrected chi connectivity index (χ0v) is 16.4. The molecule has 0 fully saturated rings. The lowest BCUT2D eigenvalue weighted by Crippen LogP contribution is -2.26. The van der Waals surface area contributed by atoms with Gasteiger partial charge in [0, 0.05) is 18.9 Å². The molecule has 4 nitrogen and oxygen atoms in total. The summed E-state index contributed by atoms with van der Waals surface area (Å²) in [5, 5.41) is 0. The summed E-state index contributed by atoms with van der Waals surface area (Å²) in [6, 6.07) is 7.39. The van der Waals surface area contributed by atoms with Gasteiger partial charge in [-0.2, -0.15) is 18.2 Å². The molecule has 0 unspecified atom stereocenters. The Kier molecular flexibility index (Phi) is 6.34. The van der Waals surface area contributed by atoms with Crippen LogP contribution < -0.4 is 9.64 Å². The lowest BCUT2D eigenvalue weighted by molar-refractivity contribution is -0.137. The summed E-state index contributed by atoms with van der Waals surface area (Å²) >= 11 is 0. The maximum Gasteiger partial charge on any atom is 0.421 e. The third-order valence-electron chi connectivity index (χ3n) is 3.91. The molecule has 0 aliphatic rings. The molecule has 27 heavy (non-hydrogen) atoms. The van der Waals surface area contributed by atoms with Gasteiger partial charge in [-0.15, -0.1) is 0 Å². The predicted molar refractivity (Wildman–Crippen MR) is 101 cm³/mol.